The SMILES string of the molecule is CC(C)[C@H](NC(=O)c1ccc(N=Nc2ccccc2)cc1)C(=O)N[C@H](C=O)Cc1ccccc1. The number of nitrogens with zero attached hydrogens (tertiary/aromatic N) is 2. The van der Waals surface area contributed by atoms with Gasteiger partial charge >= 0.3 is 0 Å². The lowest BCUT2D eigenvalue weighted by Crippen LogP contribution is -2.52. The van der Waals surface area contributed by atoms with Crippen LogP contribution in [0.25, 0.3) is 0 Å². The molecular weight excluding hydrogens is 428 g/mol. The molecule has 174 valence electrons. The van der Waals surface area contributed by atoms with Crippen molar-refractivity contribution in [3.05, 3.63) is 96.1 Å². The summed E-state index contributed by atoms with van der Waals surface area (Å²) in [5.41, 5.74) is 2.67. The molecule has 3 aromatic carbocycles. The smallest absolute Gasteiger partial charge is 0.251 e. The van der Waals surface area contributed by atoms with Gasteiger partial charge in [-0.25, -0.2) is 0 Å². The predicted molar refractivity (Wildman–Crippen MR) is 131 cm³/mol. The number of nitrogens with one attached hydrogen (secondary N) is 2. The summed E-state index contributed by atoms with van der Waals surface area (Å²) in [7, 11) is 0. The van der Waals surface area contributed by atoms with Crippen LogP contribution >= 0.6 is 0 Å². The molecule has 0 aliphatic heterocycles. The zero-order valence-corrected chi connectivity index (χ0v) is 19.2. The lowest BCUT2D eigenvalue weighted by Gasteiger charge is -2.23. The first-order valence-corrected chi connectivity index (χ1v) is 11.1. The number of hydrogen-bond donors (Lipinski definition) is 2. The Labute approximate surface area is 199 Å². The molecule has 0 aromatic heterocycles. The Balaban J connectivity index is 1.61. The highest BCUT2D eigenvalue weighted by molar-refractivity contribution is 5.98. The number of carbonyl (C=O) groups excluding carboxylic acids is 3. The minimum Gasteiger partial charge on any atom is -0.344 e. The van der Waals surface area contributed by atoms with Crippen molar-refractivity contribution in [2.24, 2.45) is 16.1 Å². The van der Waals surface area contributed by atoms with Crippen LogP contribution in [0.4, 0.5) is 11.4 Å². The molecule has 7 heteroatoms. The number of aldehydes is 1. The lowest BCUT2D eigenvalue weighted by molar-refractivity contribution is -0.126. The van der Waals surface area contributed by atoms with E-state index in [4.69, 9.17) is 0 Å². The van der Waals surface area contributed by atoms with Crippen LogP contribution in [0.5, 0.6) is 0 Å². The van der Waals surface area contributed by atoms with E-state index in [1.807, 2.05) is 74.5 Å². The Morgan fingerprint density at radius 1 is 0.794 bits per heavy atom. The topological polar surface area (TPSA) is 100.0 Å². The highest BCUT2D eigenvalue weighted by Crippen LogP contribution is 2.18. The van der Waals surface area contributed by atoms with Crippen LogP contribution in [0.15, 0.2) is 95.2 Å². The summed E-state index contributed by atoms with van der Waals surface area (Å²) in [5, 5.41) is 13.8. The van der Waals surface area contributed by atoms with Crippen molar-refractivity contribution in [2.75, 3.05) is 0 Å². The molecule has 3 aromatic rings. The van der Waals surface area contributed by atoms with Crippen LogP contribution in [0, 0.1) is 5.92 Å². The third kappa shape index (κ3) is 7.20. The van der Waals surface area contributed by atoms with Crippen molar-refractivity contribution in [2.45, 2.75) is 32.4 Å². The monoisotopic (exact) mass is 456 g/mol. The van der Waals surface area contributed by atoms with Gasteiger partial charge in [0.2, 0.25) is 5.91 Å². The second-order valence-corrected chi connectivity index (χ2v) is 8.22. The van der Waals surface area contributed by atoms with Crippen LogP contribution in [0.3, 0.4) is 0 Å². The molecule has 2 amide bonds. The third-order valence-electron chi connectivity index (χ3n) is 5.19. The van der Waals surface area contributed by atoms with Crippen LogP contribution in [-0.2, 0) is 16.0 Å². The van der Waals surface area contributed by atoms with Gasteiger partial charge in [0.05, 0.1) is 17.4 Å². The van der Waals surface area contributed by atoms with E-state index >= 15 is 0 Å². The average Bonchev–Trinajstić information content (AvgIpc) is 2.86. The Morgan fingerprint density at radius 3 is 1.91 bits per heavy atom. The first kappa shape index (κ1) is 24.5. The van der Waals surface area contributed by atoms with Crippen molar-refractivity contribution < 1.29 is 14.4 Å². The molecule has 0 saturated heterocycles. The number of rotatable bonds is 10. The molecular formula is C27H28N4O3. The first-order valence-electron chi connectivity index (χ1n) is 11.1. The maximum atomic E-state index is 12.9. The van der Waals surface area contributed by atoms with Crippen LogP contribution in [0.2, 0.25) is 0 Å². The molecule has 2 atom stereocenters. The molecule has 0 bridgehead atoms. The molecule has 2 N–H and O–H groups in total. The zero-order valence-electron chi connectivity index (χ0n) is 19.2. The molecule has 0 unspecified atom stereocenters. The summed E-state index contributed by atoms with van der Waals surface area (Å²) >= 11 is 0. The summed E-state index contributed by atoms with van der Waals surface area (Å²) in [5.74, 6) is -0.956. The molecule has 0 aliphatic carbocycles. The van der Waals surface area contributed by atoms with E-state index in [1.54, 1.807) is 24.3 Å². The average molecular weight is 457 g/mol. The van der Waals surface area contributed by atoms with Gasteiger partial charge in [-0.05, 0) is 54.3 Å². The van der Waals surface area contributed by atoms with Gasteiger partial charge in [-0.3, -0.25) is 9.59 Å². The summed E-state index contributed by atoms with van der Waals surface area (Å²) in [6, 6.07) is 24.0. The van der Waals surface area contributed by atoms with E-state index < -0.39 is 18.0 Å². The van der Waals surface area contributed by atoms with Crippen molar-refractivity contribution in [1.82, 2.24) is 10.6 Å². The van der Waals surface area contributed by atoms with Crippen LogP contribution in [0.1, 0.15) is 29.8 Å². The predicted octanol–water partition coefficient (Wildman–Crippen LogP) is 4.78. The van der Waals surface area contributed by atoms with Gasteiger partial charge in [0.1, 0.15) is 12.3 Å². The van der Waals surface area contributed by atoms with E-state index in [2.05, 4.69) is 20.9 Å². The van der Waals surface area contributed by atoms with Crippen molar-refractivity contribution in [3.8, 4) is 0 Å². The third-order valence-corrected chi connectivity index (χ3v) is 5.19. The fraction of sp³-hybridized carbons (Fsp3) is 0.222. The number of hydrogen-bond acceptors (Lipinski definition) is 5. The molecule has 34 heavy (non-hydrogen) atoms. The Kier molecular flexibility index (Phi) is 8.80. The summed E-state index contributed by atoms with van der Waals surface area (Å²) in [6.45, 7) is 3.68. The Hall–Kier alpha value is -4.13. The normalized spacial score (nSPS) is 12.8. The molecule has 0 radical (unpaired) electrons. The number of amides is 2. The van der Waals surface area contributed by atoms with Gasteiger partial charge in [-0.1, -0.05) is 62.4 Å². The van der Waals surface area contributed by atoms with Gasteiger partial charge in [0.15, 0.2) is 0 Å². The molecule has 7 nitrogen and oxygen atoms in total. The van der Waals surface area contributed by atoms with Crippen molar-refractivity contribution in [1.29, 1.82) is 0 Å². The standard InChI is InChI=1S/C27H28N4O3/c1-19(2)25(27(34)28-24(18-32)17-20-9-5-3-6-10-20)29-26(33)21-13-15-23(16-14-21)31-30-22-11-7-4-8-12-22/h3-16,18-19,24-25H,17H2,1-2H3,(H,28,34)(H,29,33)/t24-,25-/m0/s1. The van der Waals surface area contributed by atoms with Gasteiger partial charge < -0.3 is 15.4 Å². The second kappa shape index (κ2) is 12.2. The molecule has 0 fully saturated rings. The van der Waals surface area contributed by atoms with Gasteiger partial charge in [-0.15, -0.1) is 0 Å². The maximum absolute atomic E-state index is 12.9. The van der Waals surface area contributed by atoms with E-state index in [1.165, 1.54) is 0 Å². The number of benzene rings is 3. The summed E-state index contributed by atoms with van der Waals surface area (Å²) in [4.78, 5) is 37.2. The number of carbonyl (C=O) groups is 3. The van der Waals surface area contributed by atoms with Gasteiger partial charge in [-0.2, -0.15) is 10.2 Å². The summed E-state index contributed by atoms with van der Waals surface area (Å²) < 4.78 is 0. The second-order valence-electron chi connectivity index (χ2n) is 8.22. The minimum absolute atomic E-state index is 0.174. The minimum atomic E-state index is -0.789. The molecule has 0 spiro atoms. The van der Waals surface area contributed by atoms with Crippen molar-refractivity contribution >= 4 is 29.5 Å². The van der Waals surface area contributed by atoms with E-state index in [0.29, 0.717) is 24.0 Å². The largest absolute Gasteiger partial charge is 0.344 e. The van der Waals surface area contributed by atoms with Gasteiger partial charge in [0.25, 0.3) is 5.91 Å². The lowest BCUT2D eigenvalue weighted by atomic mass is 10.0. The zero-order chi connectivity index (χ0) is 24.3. The van der Waals surface area contributed by atoms with E-state index in [9.17, 15) is 14.4 Å². The fourth-order valence-corrected chi connectivity index (χ4v) is 3.32. The van der Waals surface area contributed by atoms with Crippen LogP contribution in [-0.4, -0.2) is 30.2 Å². The molecule has 0 heterocycles. The molecule has 0 aliphatic rings. The quantitative estimate of drug-likeness (QED) is 0.339. The Bertz CT molecular complexity index is 1110. The van der Waals surface area contributed by atoms with E-state index in [-0.39, 0.29) is 11.8 Å². The molecule has 3 rings (SSSR count). The van der Waals surface area contributed by atoms with E-state index in [0.717, 1.165) is 11.3 Å². The van der Waals surface area contributed by atoms with Gasteiger partial charge in [0, 0.05) is 5.56 Å². The highest BCUT2D eigenvalue weighted by atomic mass is 16.2. The maximum Gasteiger partial charge on any atom is 0.251 e. The fourth-order valence-electron chi connectivity index (χ4n) is 3.32. The van der Waals surface area contributed by atoms with Crippen molar-refractivity contribution in [3.63, 3.8) is 0 Å². The first-order chi connectivity index (χ1) is 16.5. The number of azo groups is 1. The highest BCUT2D eigenvalue weighted by Gasteiger charge is 2.26. The van der Waals surface area contributed by atoms with Crippen LogP contribution < -0.4 is 10.6 Å². The molecule has 0 saturated carbocycles. The Morgan fingerprint density at radius 2 is 1.35 bits per heavy atom. The summed E-state index contributed by atoms with van der Waals surface area (Å²) in [6.07, 6.45) is 1.10.